The molecule has 0 fully saturated rings. The zero-order valence-electron chi connectivity index (χ0n) is 17.6. The molecule has 0 saturated heterocycles. The molecule has 1 N–H and O–H groups in total. The van der Waals surface area contributed by atoms with Crippen LogP contribution < -0.4 is 9.46 Å². The second-order valence-electron chi connectivity index (χ2n) is 7.04. The minimum Gasteiger partial charge on any atom is -0.494 e. The third kappa shape index (κ3) is 4.87. The monoisotopic (exact) mass is 477 g/mol. The van der Waals surface area contributed by atoms with Gasteiger partial charge >= 0.3 is 0 Å². The van der Waals surface area contributed by atoms with Gasteiger partial charge in [-0.3, -0.25) is 9.52 Å². The fraction of sp³-hybridized carbons (Fsp3) is 0.125. The first kappa shape index (κ1) is 22.5. The number of ketones is 1. The van der Waals surface area contributed by atoms with E-state index >= 15 is 0 Å². The number of anilines is 1. The SMILES string of the molecule is CCOc1ccc(NS(=O)(=O)c2cccc(C(=O)[C@@H](C#N)c3nc4ccccc4s3)c2)cc1. The lowest BCUT2D eigenvalue weighted by molar-refractivity contribution is 0.0978. The smallest absolute Gasteiger partial charge is 0.261 e. The number of nitrogens with zero attached hydrogens (tertiary/aromatic N) is 2. The van der Waals surface area contributed by atoms with Gasteiger partial charge < -0.3 is 4.74 Å². The van der Waals surface area contributed by atoms with Crippen molar-refractivity contribution < 1.29 is 17.9 Å². The Morgan fingerprint density at radius 1 is 1.12 bits per heavy atom. The average Bonchev–Trinajstić information content (AvgIpc) is 3.24. The summed E-state index contributed by atoms with van der Waals surface area (Å²) < 4.78 is 34.5. The second-order valence-corrected chi connectivity index (χ2v) is 9.78. The van der Waals surface area contributed by atoms with Crippen LogP contribution in [0.25, 0.3) is 10.2 Å². The van der Waals surface area contributed by atoms with Gasteiger partial charge in [-0.05, 0) is 55.5 Å². The number of ether oxygens (including phenoxy) is 1. The Morgan fingerprint density at radius 3 is 2.58 bits per heavy atom. The van der Waals surface area contributed by atoms with Crippen LogP contribution in [0.4, 0.5) is 5.69 Å². The lowest BCUT2D eigenvalue weighted by Crippen LogP contribution is -2.15. The lowest BCUT2D eigenvalue weighted by atomic mass is 9.99. The number of Topliss-reactive ketones (excluding diaryl/α,β-unsaturated/α-hetero) is 1. The van der Waals surface area contributed by atoms with Gasteiger partial charge in [0.05, 0.1) is 27.8 Å². The number of fused-ring (bicyclic) bond motifs is 1. The summed E-state index contributed by atoms with van der Waals surface area (Å²) in [4.78, 5) is 17.4. The number of rotatable bonds is 8. The molecule has 0 spiro atoms. The van der Waals surface area contributed by atoms with Crippen molar-refractivity contribution in [1.82, 2.24) is 4.98 Å². The number of sulfonamides is 1. The van der Waals surface area contributed by atoms with Gasteiger partial charge in [0.1, 0.15) is 10.8 Å². The molecule has 0 saturated carbocycles. The molecule has 4 rings (SSSR count). The quantitative estimate of drug-likeness (QED) is 0.358. The number of benzene rings is 3. The highest BCUT2D eigenvalue weighted by molar-refractivity contribution is 7.92. The molecule has 9 heteroatoms. The van der Waals surface area contributed by atoms with Crippen molar-refractivity contribution in [2.75, 3.05) is 11.3 Å². The molecule has 166 valence electrons. The Labute approximate surface area is 195 Å². The van der Waals surface area contributed by atoms with Gasteiger partial charge in [-0.15, -0.1) is 11.3 Å². The molecular formula is C24H19N3O4S2. The van der Waals surface area contributed by atoms with E-state index < -0.39 is 21.7 Å². The summed E-state index contributed by atoms with van der Waals surface area (Å²) in [6, 6.07) is 21.6. The van der Waals surface area contributed by atoms with E-state index in [0.717, 1.165) is 4.70 Å². The zero-order chi connectivity index (χ0) is 23.4. The maximum absolute atomic E-state index is 13.1. The first-order valence-corrected chi connectivity index (χ1v) is 12.4. The van der Waals surface area contributed by atoms with Crippen molar-refractivity contribution in [3.63, 3.8) is 0 Å². The highest BCUT2D eigenvalue weighted by Gasteiger charge is 2.26. The van der Waals surface area contributed by atoms with Gasteiger partial charge in [0.25, 0.3) is 10.0 Å². The number of hydrogen-bond acceptors (Lipinski definition) is 7. The van der Waals surface area contributed by atoms with Crippen LogP contribution in [-0.2, 0) is 10.0 Å². The van der Waals surface area contributed by atoms with Crippen molar-refractivity contribution >= 4 is 43.0 Å². The summed E-state index contributed by atoms with van der Waals surface area (Å²) in [5, 5.41) is 10.1. The largest absolute Gasteiger partial charge is 0.494 e. The first-order chi connectivity index (χ1) is 15.9. The van der Waals surface area contributed by atoms with E-state index in [1.165, 1.54) is 35.6 Å². The number of nitriles is 1. The molecular weight excluding hydrogens is 458 g/mol. The maximum atomic E-state index is 13.1. The van der Waals surface area contributed by atoms with E-state index in [1.54, 1.807) is 24.3 Å². The predicted octanol–water partition coefficient (Wildman–Crippen LogP) is 4.99. The van der Waals surface area contributed by atoms with Crippen LogP contribution in [0.1, 0.15) is 28.2 Å². The number of carbonyl (C=O) groups excluding carboxylic acids is 1. The van der Waals surface area contributed by atoms with E-state index in [9.17, 15) is 18.5 Å². The van der Waals surface area contributed by atoms with Crippen LogP contribution in [0.3, 0.4) is 0 Å². The van der Waals surface area contributed by atoms with E-state index in [4.69, 9.17) is 4.74 Å². The highest BCUT2D eigenvalue weighted by Crippen LogP contribution is 2.30. The summed E-state index contributed by atoms with van der Waals surface area (Å²) in [5.74, 6) is -1.00. The van der Waals surface area contributed by atoms with E-state index in [0.29, 0.717) is 28.6 Å². The van der Waals surface area contributed by atoms with E-state index in [1.807, 2.05) is 37.3 Å². The fourth-order valence-electron chi connectivity index (χ4n) is 3.22. The minimum absolute atomic E-state index is 0.0803. The number of para-hydroxylation sites is 1. The molecule has 0 bridgehead atoms. The normalized spacial score (nSPS) is 12.1. The van der Waals surface area contributed by atoms with Gasteiger partial charge in [-0.2, -0.15) is 5.26 Å². The van der Waals surface area contributed by atoms with Crippen molar-refractivity contribution in [3.8, 4) is 11.8 Å². The third-order valence-corrected chi connectivity index (χ3v) is 7.28. The molecule has 0 amide bonds. The van der Waals surface area contributed by atoms with Gasteiger partial charge in [0.2, 0.25) is 0 Å². The maximum Gasteiger partial charge on any atom is 0.261 e. The number of nitrogens with one attached hydrogen (secondary N) is 1. The molecule has 1 aromatic heterocycles. The molecule has 7 nitrogen and oxygen atoms in total. The van der Waals surface area contributed by atoms with Gasteiger partial charge in [-0.1, -0.05) is 24.3 Å². The number of aromatic nitrogens is 1. The van der Waals surface area contributed by atoms with Crippen molar-refractivity contribution in [2.45, 2.75) is 17.7 Å². The molecule has 33 heavy (non-hydrogen) atoms. The van der Waals surface area contributed by atoms with E-state index in [2.05, 4.69) is 9.71 Å². The molecule has 1 heterocycles. The van der Waals surface area contributed by atoms with Gasteiger partial charge in [0.15, 0.2) is 11.7 Å². The van der Waals surface area contributed by atoms with Gasteiger partial charge in [-0.25, -0.2) is 13.4 Å². The summed E-state index contributed by atoms with van der Waals surface area (Å²) in [7, 11) is -3.95. The molecule has 0 aliphatic rings. The van der Waals surface area contributed by atoms with Crippen molar-refractivity contribution in [3.05, 3.63) is 83.4 Å². The summed E-state index contributed by atoms with van der Waals surface area (Å²) in [5.41, 5.74) is 1.19. The summed E-state index contributed by atoms with van der Waals surface area (Å²) in [6.45, 7) is 2.37. The predicted molar refractivity (Wildman–Crippen MR) is 127 cm³/mol. The van der Waals surface area contributed by atoms with Crippen LogP contribution in [-0.4, -0.2) is 25.8 Å². The average molecular weight is 478 g/mol. The van der Waals surface area contributed by atoms with Crippen LogP contribution in [0.15, 0.2) is 77.7 Å². The van der Waals surface area contributed by atoms with E-state index in [-0.39, 0.29) is 10.5 Å². The Hall–Kier alpha value is -3.74. The van der Waals surface area contributed by atoms with Crippen LogP contribution >= 0.6 is 11.3 Å². The Bertz CT molecular complexity index is 1420. The Balaban J connectivity index is 1.59. The van der Waals surface area contributed by atoms with Crippen LogP contribution in [0, 0.1) is 11.3 Å². The second kappa shape index (κ2) is 9.40. The third-order valence-electron chi connectivity index (χ3n) is 4.80. The first-order valence-electron chi connectivity index (χ1n) is 10.1. The van der Waals surface area contributed by atoms with Crippen LogP contribution in [0.2, 0.25) is 0 Å². The fourth-order valence-corrected chi connectivity index (χ4v) is 5.34. The molecule has 0 aliphatic carbocycles. The summed E-state index contributed by atoms with van der Waals surface area (Å²) >= 11 is 1.27. The highest BCUT2D eigenvalue weighted by atomic mass is 32.2. The van der Waals surface area contributed by atoms with Crippen molar-refractivity contribution in [2.24, 2.45) is 0 Å². The minimum atomic E-state index is -3.95. The van der Waals surface area contributed by atoms with Crippen molar-refractivity contribution in [1.29, 1.82) is 5.26 Å². The van der Waals surface area contributed by atoms with Gasteiger partial charge in [0, 0.05) is 11.3 Å². The summed E-state index contributed by atoms with van der Waals surface area (Å²) in [6.07, 6.45) is 0. The zero-order valence-corrected chi connectivity index (χ0v) is 19.2. The topological polar surface area (TPSA) is 109 Å². The molecule has 0 aliphatic heterocycles. The standard InChI is InChI=1S/C24H19N3O4S2/c1-2-31-18-12-10-17(11-13-18)27-33(29,30)19-7-5-6-16(14-19)23(28)20(15-25)24-26-21-8-3-4-9-22(21)32-24/h3-14,20,27H,2H2,1H3/t20-/m1/s1. The van der Waals surface area contributed by atoms with Crippen LogP contribution in [0.5, 0.6) is 5.75 Å². The number of carbonyl (C=O) groups is 1. The Morgan fingerprint density at radius 2 is 1.88 bits per heavy atom. The molecule has 0 unspecified atom stereocenters. The molecule has 4 aromatic rings. The lowest BCUT2D eigenvalue weighted by Gasteiger charge is -2.11. The molecule has 3 aromatic carbocycles. The molecule has 0 radical (unpaired) electrons. The number of hydrogen-bond donors (Lipinski definition) is 1. The number of thiazole rings is 1. The Kier molecular flexibility index (Phi) is 6.40. The molecule has 1 atom stereocenters.